The summed E-state index contributed by atoms with van der Waals surface area (Å²) >= 11 is 0. The molecule has 7 atom stereocenters. The summed E-state index contributed by atoms with van der Waals surface area (Å²) in [5.74, 6) is 3.66. The molecule has 0 heterocycles. The fourth-order valence-electron chi connectivity index (χ4n) is 5.62. The van der Waals surface area contributed by atoms with Crippen molar-refractivity contribution in [3.05, 3.63) is 12.2 Å². The topological polar surface area (TPSA) is 37.3 Å². The van der Waals surface area contributed by atoms with Crippen molar-refractivity contribution in [3.8, 4) is 0 Å². The van der Waals surface area contributed by atoms with Crippen molar-refractivity contribution in [2.24, 2.45) is 40.9 Å². The van der Waals surface area contributed by atoms with Crippen LogP contribution in [0.2, 0.25) is 0 Å². The van der Waals surface area contributed by atoms with Crippen molar-refractivity contribution in [2.75, 3.05) is 0 Å². The van der Waals surface area contributed by atoms with Crippen molar-refractivity contribution in [1.82, 2.24) is 0 Å². The molecule has 0 aromatic rings. The van der Waals surface area contributed by atoms with Crippen LogP contribution in [0.5, 0.6) is 0 Å². The number of hydrogen-bond donors (Lipinski definition) is 1. The largest absolute Gasteiger partial charge is 0.481 e. The van der Waals surface area contributed by atoms with Crippen LogP contribution in [0, 0.1) is 40.9 Å². The second-order valence-electron chi connectivity index (χ2n) is 6.63. The van der Waals surface area contributed by atoms with Crippen LogP contribution >= 0.6 is 0 Å². The average Bonchev–Trinajstić information content (AvgIpc) is 2.92. The summed E-state index contributed by atoms with van der Waals surface area (Å²) in [5, 5.41) is 9.47. The first-order valence-corrected chi connectivity index (χ1v) is 6.53. The molecular weight excluding hydrogens is 200 g/mol. The van der Waals surface area contributed by atoms with Gasteiger partial charge in [-0.2, -0.15) is 0 Å². The van der Waals surface area contributed by atoms with E-state index >= 15 is 0 Å². The Kier molecular flexibility index (Phi) is 1.47. The van der Waals surface area contributed by atoms with E-state index in [2.05, 4.69) is 12.2 Å². The van der Waals surface area contributed by atoms with E-state index in [0.717, 1.165) is 18.3 Å². The van der Waals surface area contributed by atoms with Crippen LogP contribution in [0.1, 0.15) is 26.2 Å². The molecule has 2 nitrogen and oxygen atoms in total. The molecule has 16 heavy (non-hydrogen) atoms. The highest BCUT2D eigenvalue weighted by Crippen LogP contribution is 2.70. The van der Waals surface area contributed by atoms with Gasteiger partial charge in [-0.1, -0.05) is 12.2 Å². The lowest BCUT2D eigenvalue weighted by Crippen LogP contribution is -2.42. The minimum atomic E-state index is -0.551. The third-order valence-corrected chi connectivity index (χ3v) is 6.14. The van der Waals surface area contributed by atoms with E-state index < -0.39 is 11.4 Å². The third kappa shape index (κ3) is 0.813. The predicted molar refractivity (Wildman–Crippen MR) is 59.7 cm³/mol. The molecule has 4 aliphatic rings. The number of fused-ring (bicyclic) bond motifs is 9. The molecule has 0 aromatic heterocycles. The molecule has 86 valence electrons. The molecule has 4 bridgehead atoms. The molecule has 0 amide bonds. The maximum absolute atomic E-state index is 11.5. The van der Waals surface area contributed by atoms with Gasteiger partial charge in [-0.3, -0.25) is 4.79 Å². The smallest absolute Gasteiger partial charge is 0.309 e. The number of carboxylic acid groups (broad SMARTS) is 1. The maximum Gasteiger partial charge on any atom is 0.309 e. The normalized spacial score (nSPS) is 60.6. The molecule has 2 heteroatoms. The first-order valence-electron chi connectivity index (χ1n) is 6.53. The molecule has 4 aliphatic carbocycles. The van der Waals surface area contributed by atoms with Crippen LogP contribution < -0.4 is 0 Å². The summed E-state index contributed by atoms with van der Waals surface area (Å²) in [4.78, 5) is 11.5. The number of hydrogen-bond acceptors (Lipinski definition) is 1. The van der Waals surface area contributed by atoms with Crippen molar-refractivity contribution in [1.29, 1.82) is 0 Å². The minimum Gasteiger partial charge on any atom is -0.481 e. The lowest BCUT2D eigenvalue weighted by Gasteiger charge is -2.40. The second-order valence-corrected chi connectivity index (χ2v) is 6.63. The first kappa shape index (κ1) is 9.26. The van der Waals surface area contributed by atoms with Gasteiger partial charge in [-0.05, 0) is 61.7 Å². The van der Waals surface area contributed by atoms with Gasteiger partial charge in [-0.25, -0.2) is 0 Å². The quantitative estimate of drug-likeness (QED) is 0.542. The van der Waals surface area contributed by atoms with Crippen LogP contribution in [-0.2, 0) is 4.79 Å². The molecule has 0 radical (unpaired) electrons. The Bertz CT molecular complexity index is 400. The van der Waals surface area contributed by atoms with E-state index in [-0.39, 0.29) is 0 Å². The zero-order valence-electron chi connectivity index (χ0n) is 9.60. The van der Waals surface area contributed by atoms with E-state index in [4.69, 9.17) is 0 Å². The highest BCUT2D eigenvalue weighted by molar-refractivity contribution is 5.75. The molecule has 1 N–H and O–H groups in total. The van der Waals surface area contributed by atoms with Gasteiger partial charge in [-0.15, -0.1) is 0 Å². The molecule has 3 fully saturated rings. The van der Waals surface area contributed by atoms with E-state index in [1.54, 1.807) is 0 Å². The van der Waals surface area contributed by atoms with Gasteiger partial charge < -0.3 is 5.11 Å². The summed E-state index contributed by atoms with van der Waals surface area (Å²) in [6.45, 7) is 1.99. The lowest BCUT2D eigenvalue weighted by molar-refractivity contribution is -0.153. The Balaban J connectivity index is 1.76. The Morgan fingerprint density at radius 2 is 1.94 bits per heavy atom. The maximum atomic E-state index is 11.5. The molecule has 0 spiro atoms. The van der Waals surface area contributed by atoms with Gasteiger partial charge in [0.1, 0.15) is 0 Å². The zero-order chi connectivity index (χ0) is 11.1. The number of rotatable bonds is 1. The van der Waals surface area contributed by atoms with E-state index in [9.17, 15) is 9.90 Å². The molecule has 4 rings (SSSR count). The predicted octanol–water partition coefficient (Wildman–Crippen LogP) is 2.56. The number of aliphatic carboxylic acids is 1. The molecule has 2 unspecified atom stereocenters. The van der Waals surface area contributed by atoms with Gasteiger partial charge >= 0.3 is 5.97 Å². The van der Waals surface area contributed by atoms with E-state index in [1.807, 2.05) is 6.92 Å². The average molecular weight is 218 g/mol. The number of carbonyl (C=O) groups is 1. The summed E-state index contributed by atoms with van der Waals surface area (Å²) in [5.41, 5.74) is -0.413. The fraction of sp³-hybridized carbons (Fsp3) is 0.786. The SMILES string of the molecule is C[C@]1(C(=O)O)C[C@H]2C[C@@H]1C1C2[C@@H]2C=C[C@H]1C2. The highest BCUT2D eigenvalue weighted by Gasteiger charge is 2.66. The standard InChI is InChI=1S/C14H18O2/c1-14(13(15)16)6-9-5-10(14)12-8-3-2-7(4-8)11(9)12/h2-3,7-12H,4-6H2,1H3,(H,15,16)/t7-,8+,9-,10-,11?,12?,14+/m1/s1. The van der Waals surface area contributed by atoms with Gasteiger partial charge in [0.25, 0.3) is 0 Å². The first-order chi connectivity index (χ1) is 7.61. The number of allylic oxidation sites excluding steroid dienone is 2. The van der Waals surface area contributed by atoms with E-state index in [1.165, 1.54) is 12.8 Å². The molecule has 0 aromatic carbocycles. The summed E-state index contributed by atoms with van der Waals surface area (Å²) in [7, 11) is 0. The fourth-order valence-corrected chi connectivity index (χ4v) is 5.62. The van der Waals surface area contributed by atoms with E-state index in [0.29, 0.717) is 23.7 Å². The monoisotopic (exact) mass is 218 g/mol. The molecule has 3 saturated carbocycles. The van der Waals surface area contributed by atoms with Gasteiger partial charge in [0.15, 0.2) is 0 Å². The van der Waals surface area contributed by atoms with Crippen molar-refractivity contribution in [3.63, 3.8) is 0 Å². The summed E-state index contributed by atoms with van der Waals surface area (Å²) < 4.78 is 0. The lowest BCUT2D eigenvalue weighted by atomic mass is 9.63. The molecule has 0 aliphatic heterocycles. The number of carboxylic acids is 1. The highest BCUT2D eigenvalue weighted by atomic mass is 16.4. The summed E-state index contributed by atoms with van der Waals surface area (Å²) in [6.07, 6.45) is 8.22. The molecular formula is C14H18O2. The molecule has 0 saturated heterocycles. The Morgan fingerprint density at radius 3 is 2.62 bits per heavy atom. The van der Waals surface area contributed by atoms with Crippen molar-refractivity contribution >= 4 is 5.97 Å². The van der Waals surface area contributed by atoms with Gasteiger partial charge in [0.05, 0.1) is 5.41 Å². The Labute approximate surface area is 95.7 Å². The second kappa shape index (κ2) is 2.55. The van der Waals surface area contributed by atoms with Crippen LogP contribution in [0.3, 0.4) is 0 Å². The zero-order valence-corrected chi connectivity index (χ0v) is 9.60. The Morgan fingerprint density at radius 1 is 1.25 bits per heavy atom. The van der Waals surface area contributed by atoms with Crippen LogP contribution in [0.4, 0.5) is 0 Å². The van der Waals surface area contributed by atoms with Crippen LogP contribution in [-0.4, -0.2) is 11.1 Å². The van der Waals surface area contributed by atoms with Crippen molar-refractivity contribution < 1.29 is 9.90 Å². The minimum absolute atomic E-state index is 0.413. The Hall–Kier alpha value is -0.790. The van der Waals surface area contributed by atoms with Crippen molar-refractivity contribution in [2.45, 2.75) is 26.2 Å². The summed E-state index contributed by atoms with van der Waals surface area (Å²) in [6, 6.07) is 0. The van der Waals surface area contributed by atoms with Crippen LogP contribution in [0.15, 0.2) is 12.2 Å². The third-order valence-electron chi connectivity index (χ3n) is 6.14. The van der Waals surface area contributed by atoms with Gasteiger partial charge in [0, 0.05) is 0 Å². The van der Waals surface area contributed by atoms with Gasteiger partial charge in [0.2, 0.25) is 0 Å². The van der Waals surface area contributed by atoms with Crippen LogP contribution in [0.25, 0.3) is 0 Å².